The van der Waals surface area contributed by atoms with Crippen molar-refractivity contribution in [3.63, 3.8) is 0 Å². The third kappa shape index (κ3) is 4.48. The van der Waals surface area contributed by atoms with E-state index in [1.54, 1.807) is 29.5 Å². The van der Waals surface area contributed by atoms with E-state index in [-0.39, 0.29) is 12.2 Å². The van der Waals surface area contributed by atoms with Crippen LogP contribution in [0, 0.1) is 5.82 Å². The Morgan fingerprint density at radius 3 is 2.68 bits per heavy atom. The number of nitrogens with zero attached hydrogens (tertiary/aromatic N) is 3. The Bertz CT molecular complexity index is 1060. The van der Waals surface area contributed by atoms with E-state index in [1.807, 2.05) is 5.38 Å². The topological polar surface area (TPSA) is 51.8 Å². The molecule has 0 N–H and O–H groups in total. The third-order valence-electron chi connectivity index (χ3n) is 4.25. The fourth-order valence-electron chi connectivity index (χ4n) is 2.70. The van der Waals surface area contributed by atoms with Crippen LogP contribution in [0.3, 0.4) is 0 Å². The van der Waals surface area contributed by atoms with Gasteiger partial charge in [0.2, 0.25) is 5.89 Å². The number of rotatable bonds is 7. The number of hydrogen-bond acceptors (Lipinski definition) is 6. The number of aryl methyl sites for hydroxylation is 1. The average Bonchev–Trinajstić information content (AvgIpc) is 3.38. The Morgan fingerprint density at radius 2 is 1.89 bits per heavy atom. The van der Waals surface area contributed by atoms with Gasteiger partial charge in [0.05, 0.1) is 12.1 Å². The molecule has 0 unspecified atom stereocenters. The molecule has 0 atom stereocenters. The standard InChI is InChI=1S/C21H18FN3OS2/c1-2-14-7-9-15(10-8-14)20-23-17(12-27-20)13-28-21-25-24-19(26-21)11-16-5-3-4-6-18(16)22/h3-10,12H,2,11,13H2,1H3. The van der Waals surface area contributed by atoms with Gasteiger partial charge in [-0.1, -0.05) is 61.2 Å². The molecule has 0 aliphatic rings. The predicted octanol–water partition coefficient (Wildman–Crippen LogP) is 5.78. The van der Waals surface area contributed by atoms with Crippen molar-refractivity contribution in [2.75, 3.05) is 0 Å². The van der Waals surface area contributed by atoms with Crippen molar-refractivity contribution in [3.05, 3.63) is 82.4 Å². The average molecular weight is 412 g/mol. The van der Waals surface area contributed by atoms with Gasteiger partial charge in [-0.2, -0.15) is 0 Å². The van der Waals surface area contributed by atoms with Gasteiger partial charge in [-0.3, -0.25) is 0 Å². The molecule has 0 saturated heterocycles. The molecule has 0 saturated carbocycles. The number of thioether (sulfide) groups is 1. The molecule has 4 rings (SSSR count). The van der Waals surface area contributed by atoms with Crippen LogP contribution in [0.15, 0.2) is 63.6 Å². The number of hydrogen-bond donors (Lipinski definition) is 0. The summed E-state index contributed by atoms with van der Waals surface area (Å²) >= 11 is 3.06. The van der Waals surface area contributed by atoms with Gasteiger partial charge in [0.15, 0.2) is 0 Å². The first-order valence-electron chi connectivity index (χ1n) is 8.93. The normalized spacial score (nSPS) is 11.1. The van der Waals surface area contributed by atoms with Gasteiger partial charge in [0.1, 0.15) is 10.8 Å². The summed E-state index contributed by atoms with van der Waals surface area (Å²) in [5.74, 6) is 0.782. The molecular weight excluding hydrogens is 393 g/mol. The summed E-state index contributed by atoms with van der Waals surface area (Å²) in [6.45, 7) is 2.15. The summed E-state index contributed by atoms with van der Waals surface area (Å²) in [5, 5.41) is 11.6. The van der Waals surface area contributed by atoms with Gasteiger partial charge in [0.25, 0.3) is 5.22 Å². The molecule has 0 aliphatic heterocycles. The lowest BCUT2D eigenvalue weighted by Crippen LogP contribution is -1.92. The van der Waals surface area contributed by atoms with Gasteiger partial charge in [0, 0.05) is 16.7 Å². The summed E-state index contributed by atoms with van der Waals surface area (Å²) in [5.41, 5.74) is 3.96. The van der Waals surface area contributed by atoms with Gasteiger partial charge in [-0.05, 0) is 23.6 Å². The molecule has 2 heterocycles. The van der Waals surface area contributed by atoms with E-state index in [0.29, 0.717) is 22.4 Å². The van der Waals surface area contributed by atoms with Crippen LogP contribution >= 0.6 is 23.1 Å². The molecule has 0 radical (unpaired) electrons. The van der Waals surface area contributed by atoms with Crippen LogP contribution in [0.5, 0.6) is 0 Å². The first kappa shape index (κ1) is 18.8. The maximum atomic E-state index is 13.7. The van der Waals surface area contributed by atoms with Gasteiger partial charge >= 0.3 is 0 Å². The Hall–Kier alpha value is -2.51. The summed E-state index contributed by atoms with van der Waals surface area (Å²) in [6, 6.07) is 15.1. The SMILES string of the molecule is CCc1ccc(-c2nc(CSc3nnc(Cc4ccccc4F)o3)cs2)cc1. The number of halogens is 1. The molecule has 0 spiro atoms. The Kier molecular flexibility index (Phi) is 5.83. The Morgan fingerprint density at radius 1 is 1.07 bits per heavy atom. The van der Waals surface area contributed by atoms with Gasteiger partial charge < -0.3 is 4.42 Å². The maximum absolute atomic E-state index is 13.7. The van der Waals surface area contributed by atoms with Crippen LogP contribution in [-0.2, 0) is 18.6 Å². The highest BCUT2D eigenvalue weighted by Gasteiger charge is 2.12. The number of thiazole rings is 1. The molecule has 0 bridgehead atoms. The van der Waals surface area contributed by atoms with Crippen molar-refractivity contribution in [3.8, 4) is 10.6 Å². The van der Waals surface area contributed by atoms with Crippen LogP contribution in [-0.4, -0.2) is 15.2 Å². The fraction of sp³-hybridized carbons (Fsp3) is 0.190. The second-order valence-electron chi connectivity index (χ2n) is 6.21. The summed E-state index contributed by atoms with van der Waals surface area (Å²) in [7, 11) is 0. The monoisotopic (exact) mass is 411 g/mol. The van der Waals surface area contributed by atoms with Crippen molar-refractivity contribution in [2.45, 2.75) is 30.7 Å². The fourth-order valence-corrected chi connectivity index (χ4v) is 4.30. The lowest BCUT2D eigenvalue weighted by Gasteiger charge is -1.99. The zero-order valence-electron chi connectivity index (χ0n) is 15.3. The lowest BCUT2D eigenvalue weighted by molar-refractivity contribution is 0.418. The molecule has 2 aromatic heterocycles. The van der Waals surface area contributed by atoms with Crippen LogP contribution in [0.4, 0.5) is 4.39 Å². The third-order valence-corrected chi connectivity index (χ3v) is 6.04. The van der Waals surface area contributed by atoms with Crippen LogP contribution in [0.25, 0.3) is 10.6 Å². The predicted molar refractivity (Wildman–Crippen MR) is 110 cm³/mol. The van der Waals surface area contributed by atoms with Crippen molar-refractivity contribution in [2.24, 2.45) is 0 Å². The van der Waals surface area contributed by atoms with Crippen molar-refractivity contribution >= 4 is 23.1 Å². The molecule has 0 amide bonds. The van der Waals surface area contributed by atoms with E-state index in [4.69, 9.17) is 9.40 Å². The summed E-state index contributed by atoms with van der Waals surface area (Å²) in [4.78, 5) is 4.70. The van der Waals surface area contributed by atoms with Gasteiger partial charge in [-0.25, -0.2) is 9.37 Å². The smallest absolute Gasteiger partial charge is 0.276 e. The van der Waals surface area contributed by atoms with Crippen molar-refractivity contribution in [1.82, 2.24) is 15.2 Å². The minimum absolute atomic E-state index is 0.267. The van der Waals surface area contributed by atoms with Crippen molar-refractivity contribution in [1.29, 1.82) is 0 Å². The molecule has 2 aromatic carbocycles. The van der Waals surface area contributed by atoms with Crippen molar-refractivity contribution < 1.29 is 8.81 Å². The molecule has 0 fully saturated rings. The largest absolute Gasteiger partial charge is 0.416 e. The van der Waals surface area contributed by atoms with E-state index in [9.17, 15) is 4.39 Å². The van der Waals surface area contributed by atoms with Gasteiger partial charge in [-0.15, -0.1) is 21.5 Å². The summed E-state index contributed by atoms with van der Waals surface area (Å²) in [6.07, 6.45) is 1.32. The molecule has 7 heteroatoms. The summed E-state index contributed by atoms with van der Waals surface area (Å²) < 4.78 is 19.4. The van der Waals surface area contributed by atoms with E-state index in [0.717, 1.165) is 22.7 Å². The zero-order valence-corrected chi connectivity index (χ0v) is 16.9. The quantitative estimate of drug-likeness (QED) is 0.361. The van der Waals surface area contributed by atoms with Crippen LogP contribution < -0.4 is 0 Å². The second-order valence-corrected chi connectivity index (χ2v) is 8.00. The second kappa shape index (κ2) is 8.67. The number of benzene rings is 2. The Balaban J connectivity index is 1.37. The highest BCUT2D eigenvalue weighted by Crippen LogP contribution is 2.28. The zero-order chi connectivity index (χ0) is 19.3. The maximum Gasteiger partial charge on any atom is 0.276 e. The minimum atomic E-state index is -0.267. The molecule has 142 valence electrons. The highest BCUT2D eigenvalue weighted by atomic mass is 32.2. The molecule has 0 aliphatic carbocycles. The molecule has 4 nitrogen and oxygen atoms in total. The molecular formula is C21H18FN3OS2. The first-order chi connectivity index (χ1) is 13.7. The highest BCUT2D eigenvalue weighted by molar-refractivity contribution is 7.98. The van der Waals surface area contributed by atoms with Crippen LogP contribution in [0.2, 0.25) is 0 Å². The van der Waals surface area contributed by atoms with E-state index in [1.165, 1.54) is 23.4 Å². The Labute approximate surface area is 170 Å². The first-order valence-corrected chi connectivity index (χ1v) is 10.8. The van der Waals surface area contributed by atoms with Crippen LogP contribution in [0.1, 0.15) is 29.6 Å². The minimum Gasteiger partial charge on any atom is -0.416 e. The van der Waals surface area contributed by atoms with E-state index >= 15 is 0 Å². The lowest BCUT2D eigenvalue weighted by atomic mass is 10.1. The number of aromatic nitrogens is 3. The molecule has 4 aromatic rings. The van der Waals surface area contributed by atoms with E-state index < -0.39 is 0 Å². The molecule has 28 heavy (non-hydrogen) atoms. The van der Waals surface area contributed by atoms with E-state index in [2.05, 4.69) is 41.4 Å².